The Morgan fingerprint density at radius 2 is 1.70 bits per heavy atom. The maximum Gasteiger partial charge on any atom is 0.220 e. The van der Waals surface area contributed by atoms with Crippen LogP contribution in [-0.2, 0) is 14.3 Å². The third-order valence-corrected chi connectivity index (χ3v) is 4.60. The van der Waals surface area contributed by atoms with E-state index in [1.807, 2.05) is 18.2 Å². The summed E-state index contributed by atoms with van der Waals surface area (Å²) in [6, 6.07) is 9.26. The van der Waals surface area contributed by atoms with Crippen LogP contribution in [0.1, 0.15) is 48.9 Å². The second-order valence-corrected chi connectivity index (χ2v) is 6.24. The topological polar surface area (TPSA) is 64.6 Å². The number of carbonyl (C=O) groups excluding carboxylic acids is 2. The fraction of sp³-hybridized carbons (Fsp3) is 0.556. The summed E-state index contributed by atoms with van der Waals surface area (Å²) in [5.41, 5.74) is 0.662. The lowest BCUT2D eigenvalue weighted by atomic mass is 9.90. The average molecular weight is 317 g/mol. The van der Waals surface area contributed by atoms with Crippen LogP contribution in [0.15, 0.2) is 30.3 Å². The first kappa shape index (κ1) is 16.1. The van der Waals surface area contributed by atoms with E-state index in [1.54, 1.807) is 12.1 Å². The third-order valence-electron chi connectivity index (χ3n) is 4.60. The summed E-state index contributed by atoms with van der Waals surface area (Å²) in [7, 11) is 0. The van der Waals surface area contributed by atoms with Crippen molar-refractivity contribution in [1.82, 2.24) is 5.32 Å². The summed E-state index contributed by atoms with van der Waals surface area (Å²) in [6.07, 6.45) is 3.85. The lowest BCUT2D eigenvalue weighted by Crippen LogP contribution is -2.44. The summed E-state index contributed by atoms with van der Waals surface area (Å²) in [5, 5.41) is 3.03. The van der Waals surface area contributed by atoms with Crippen molar-refractivity contribution in [2.45, 2.75) is 50.4 Å². The number of Topliss-reactive ketones (excluding diaryl/α,β-unsaturated/α-hetero) is 1. The molecule has 1 heterocycles. The Labute approximate surface area is 136 Å². The molecule has 124 valence electrons. The predicted octanol–water partition coefficient (Wildman–Crippen LogP) is 2.45. The molecule has 1 saturated heterocycles. The summed E-state index contributed by atoms with van der Waals surface area (Å²) >= 11 is 0. The van der Waals surface area contributed by atoms with Crippen molar-refractivity contribution in [1.29, 1.82) is 0 Å². The molecule has 1 N–H and O–H groups in total. The van der Waals surface area contributed by atoms with Crippen LogP contribution < -0.4 is 5.32 Å². The zero-order chi connectivity index (χ0) is 16.1. The molecule has 1 aliphatic carbocycles. The van der Waals surface area contributed by atoms with Crippen LogP contribution in [-0.4, -0.2) is 36.7 Å². The number of benzene rings is 1. The van der Waals surface area contributed by atoms with Crippen molar-refractivity contribution >= 4 is 11.7 Å². The van der Waals surface area contributed by atoms with Crippen molar-refractivity contribution in [2.75, 3.05) is 13.2 Å². The normalized spacial score (nSPS) is 20.5. The minimum atomic E-state index is -0.398. The Morgan fingerprint density at radius 1 is 1.04 bits per heavy atom. The predicted molar refractivity (Wildman–Crippen MR) is 85.0 cm³/mol. The fourth-order valence-electron chi connectivity index (χ4n) is 3.28. The van der Waals surface area contributed by atoms with E-state index in [-0.39, 0.29) is 30.6 Å². The van der Waals surface area contributed by atoms with E-state index in [0.29, 0.717) is 18.8 Å². The van der Waals surface area contributed by atoms with Crippen LogP contribution >= 0.6 is 0 Å². The summed E-state index contributed by atoms with van der Waals surface area (Å²) < 4.78 is 11.4. The molecular formula is C18H23NO4. The van der Waals surface area contributed by atoms with Crippen molar-refractivity contribution in [3.63, 3.8) is 0 Å². The Hall–Kier alpha value is -1.72. The van der Waals surface area contributed by atoms with E-state index in [4.69, 9.17) is 9.47 Å². The highest BCUT2D eigenvalue weighted by Crippen LogP contribution is 2.35. The molecule has 2 fully saturated rings. The molecular weight excluding hydrogens is 294 g/mol. The molecule has 1 aromatic carbocycles. The molecule has 1 saturated carbocycles. The van der Waals surface area contributed by atoms with Crippen LogP contribution in [0.4, 0.5) is 0 Å². The molecule has 0 bridgehead atoms. The molecule has 1 spiro atoms. The van der Waals surface area contributed by atoms with E-state index in [2.05, 4.69) is 5.32 Å². The molecule has 0 atom stereocenters. The van der Waals surface area contributed by atoms with E-state index in [9.17, 15) is 9.59 Å². The first-order valence-electron chi connectivity index (χ1n) is 8.32. The lowest BCUT2D eigenvalue weighted by molar-refractivity contribution is -0.180. The minimum Gasteiger partial charge on any atom is -0.353 e. The molecule has 5 heteroatoms. The van der Waals surface area contributed by atoms with Gasteiger partial charge < -0.3 is 14.8 Å². The van der Waals surface area contributed by atoms with Gasteiger partial charge in [-0.1, -0.05) is 30.3 Å². The maximum absolute atomic E-state index is 12.0. The molecule has 1 aliphatic heterocycles. The van der Waals surface area contributed by atoms with Gasteiger partial charge in [0.05, 0.1) is 13.2 Å². The number of ether oxygens (including phenoxy) is 2. The van der Waals surface area contributed by atoms with E-state index < -0.39 is 5.79 Å². The highest BCUT2D eigenvalue weighted by molar-refractivity contribution is 5.97. The summed E-state index contributed by atoms with van der Waals surface area (Å²) in [5.74, 6) is -0.440. The van der Waals surface area contributed by atoms with Gasteiger partial charge in [-0.05, 0) is 12.8 Å². The average Bonchev–Trinajstić information content (AvgIpc) is 3.04. The van der Waals surface area contributed by atoms with Gasteiger partial charge in [-0.3, -0.25) is 9.59 Å². The molecule has 1 aromatic rings. The largest absolute Gasteiger partial charge is 0.353 e. The Morgan fingerprint density at radius 3 is 2.35 bits per heavy atom. The first-order chi connectivity index (χ1) is 11.2. The molecule has 0 unspecified atom stereocenters. The SMILES string of the molecule is O=C(CCC(=O)c1ccccc1)NC1CCC2(CC1)OCCO2. The number of hydrogen-bond acceptors (Lipinski definition) is 4. The first-order valence-corrected chi connectivity index (χ1v) is 8.32. The van der Waals surface area contributed by atoms with Crippen molar-refractivity contribution in [3.05, 3.63) is 35.9 Å². The van der Waals surface area contributed by atoms with Gasteiger partial charge in [-0.2, -0.15) is 0 Å². The highest BCUT2D eigenvalue weighted by atomic mass is 16.7. The van der Waals surface area contributed by atoms with Crippen LogP contribution in [0.3, 0.4) is 0 Å². The minimum absolute atomic E-state index is 0.0103. The van der Waals surface area contributed by atoms with E-state index in [1.165, 1.54) is 0 Å². The summed E-state index contributed by atoms with van der Waals surface area (Å²) in [4.78, 5) is 24.0. The quantitative estimate of drug-likeness (QED) is 0.847. The van der Waals surface area contributed by atoms with Gasteiger partial charge in [0.25, 0.3) is 0 Å². The lowest BCUT2D eigenvalue weighted by Gasteiger charge is -2.35. The fourth-order valence-corrected chi connectivity index (χ4v) is 3.28. The zero-order valence-corrected chi connectivity index (χ0v) is 13.3. The number of carbonyl (C=O) groups is 2. The van der Waals surface area contributed by atoms with E-state index in [0.717, 1.165) is 25.7 Å². The van der Waals surface area contributed by atoms with Gasteiger partial charge in [0.1, 0.15) is 0 Å². The van der Waals surface area contributed by atoms with Gasteiger partial charge in [0.15, 0.2) is 11.6 Å². The Bertz CT molecular complexity index is 541. The number of rotatable bonds is 5. The zero-order valence-electron chi connectivity index (χ0n) is 13.3. The molecule has 0 radical (unpaired) electrons. The van der Waals surface area contributed by atoms with E-state index >= 15 is 0 Å². The summed E-state index contributed by atoms with van der Waals surface area (Å²) in [6.45, 7) is 1.33. The number of hydrogen-bond donors (Lipinski definition) is 1. The van der Waals surface area contributed by atoms with Crippen molar-refractivity contribution in [3.8, 4) is 0 Å². The smallest absolute Gasteiger partial charge is 0.220 e. The maximum atomic E-state index is 12.0. The number of ketones is 1. The molecule has 2 aliphatic rings. The van der Waals surface area contributed by atoms with Gasteiger partial charge in [-0.25, -0.2) is 0 Å². The monoisotopic (exact) mass is 317 g/mol. The van der Waals surface area contributed by atoms with Crippen LogP contribution in [0.5, 0.6) is 0 Å². The van der Waals surface area contributed by atoms with Gasteiger partial charge >= 0.3 is 0 Å². The molecule has 1 amide bonds. The van der Waals surface area contributed by atoms with Crippen LogP contribution in [0.25, 0.3) is 0 Å². The van der Waals surface area contributed by atoms with Gasteiger partial charge in [0.2, 0.25) is 5.91 Å². The molecule has 0 aromatic heterocycles. The number of amides is 1. The van der Waals surface area contributed by atoms with Gasteiger partial charge in [-0.15, -0.1) is 0 Å². The second kappa shape index (κ2) is 7.23. The third kappa shape index (κ3) is 4.18. The Kier molecular flexibility index (Phi) is 5.08. The standard InChI is InChI=1S/C18H23NO4/c20-16(14-4-2-1-3-5-14)6-7-17(21)19-15-8-10-18(11-9-15)22-12-13-23-18/h1-5,15H,6-13H2,(H,19,21). The van der Waals surface area contributed by atoms with Gasteiger partial charge in [0, 0.05) is 37.3 Å². The second-order valence-electron chi connectivity index (χ2n) is 6.24. The Balaban J connectivity index is 1.39. The molecule has 5 nitrogen and oxygen atoms in total. The highest BCUT2D eigenvalue weighted by Gasteiger charge is 2.40. The van der Waals surface area contributed by atoms with Crippen LogP contribution in [0, 0.1) is 0 Å². The van der Waals surface area contributed by atoms with Crippen molar-refractivity contribution < 1.29 is 19.1 Å². The van der Waals surface area contributed by atoms with Crippen molar-refractivity contribution in [2.24, 2.45) is 0 Å². The number of nitrogens with one attached hydrogen (secondary N) is 1. The van der Waals surface area contributed by atoms with Crippen LogP contribution in [0.2, 0.25) is 0 Å². The molecule has 3 rings (SSSR count). The molecule has 23 heavy (non-hydrogen) atoms.